The van der Waals surface area contributed by atoms with Crippen molar-refractivity contribution in [3.05, 3.63) is 22.7 Å². The lowest BCUT2D eigenvalue weighted by atomic mass is 10.3. The van der Waals surface area contributed by atoms with Crippen LogP contribution in [0.2, 0.25) is 0 Å². The zero-order chi connectivity index (χ0) is 14.0. The van der Waals surface area contributed by atoms with Gasteiger partial charge in [-0.05, 0) is 6.07 Å². The molecule has 1 fully saturated rings. The Balaban J connectivity index is 2.00. The van der Waals surface area contributed by atoms with Gasteiger partial charge in [0.25, 0.3) is 0 Å². The third-order valence-electron chi connectivity index (χ3n) is 3.05. The molecule has 1 saturated heterocycles. The van der Waals surface area contributed by atoms with Gasteiger partial charge in [0.1, 0.15) is 18.3 Å². The first-order valence-corrected chi connectivity index (χ1v) is 7.96. The number of rotatable bonds is 3. The van der Waals surface area contributed by atoms with Gasteiger partial charge in [0, 0.05) is 11.9 Å². The Bertz CT molecular complexity index is 545. The molecule has 19 heavy (non-hydrogen) atoms. The first kappa shape index (κ1) is 14.2. The van der Waals surface area contributed by atoms with E-state index in [1.165, 1.54) is 4.57 Å². The van der Waals surface area contributed by atoms with Gasteiger partial charge in [-0.15, -0.1) is 0 Å². The summed E-state index contributed by atoms with van der Waals surface area (Å²) in [4.78, 5) is 15.2. The summed E-state index contributed by atoms with van der Waals surface area (Å²) in [6.07, 6.45) is 1.35. The van der Waals surface area contributed by atoms with Gasteiger partial charge in [-0.25, -0.2) is 4.79 Å². The smallest absolute Gasteiger partial charge is 0.349 e. The number of anilines is 1. The molecule has 106 valence electrons. The molecule has 1 aliphatic heterocycles. The Morgan fingerprint density at radius 1 is 1.63 bits per heavy atom. The van der Waals surface area contributed by atoms with Gasteiger partial charge < -0.3 is 15.0 Å². The highest BCUT2D eigenvalue weighted by molar-refractivity contribution is 7.59. The lowest BCUT2D eigenvalue weighted by Gasteiger charge is -2.31. The van der Waals surface area contributed by atoms with Crippen molar-refractivity contribution in [2.75, 3.05) is 18.7 Å². The highest BCUT2D eigenvalue weighted by atomic mass is 31.2. The molecular weight excluding hydrogens is 269 g/mol. The van der Waals surface area contributed by atoms with Gasteiger partial charge in [-0.2, -0.15) is 4.98 Å². The average Bonchev–Trinajstić information content (AvgIpc) is 2.35. The summed E-state index contributed by atoms with van der Waals surface area (Å²) >= 11 is 0. The predicted molar refractivity (Wildman–Crippen MR) is 71.3 cm³/mol. The maximum Gasteiger partial charge on any atom is 0.349 e. The van der Waals surface area contributed by atoms with E-state index in [4.69, 9.17) is 15.0 Å². The van der Waals surface area contributed by atoms with E-state index in [9.17, 15) is 9.36 Å². The molecule has 8 heteroatoms. The molecule has 0 bridgehead atoms. The van der Waals surface area contributed by atoms with Crippen LogP contribution in [-0.4, -0.2) is 34.3 Å². The van der Waals surface area contributed by atoms with E-state index in [0.717, 1.165) is 0 Å². The molecule has 0 aliphatic carbocycles. The molecule has 2 rings (SSSR count). The summed E-state index contributed by atoms with van der Waals surface area (Å²) in [5.41, 5.74) is 4.92. The molecule has 2 heterocycles. The highest BCUT2D eigenvalue weighted by Crippen LogP contribution is 2.53. The number of nitrogens with zero attached hydrogens (tertiary/aromatic N) is 2. The van der Waals surface area contributed by atoms with Crippen molar-refractivity contribution < 1.29 is 13.8 Å². The highest BCUT2D eigenvalue weighted by Gasteiger charge is 2.34. The van der Waals surface area contributed by atoms with Crippen LogP contribution in [-0.2, 0) is 20.4 Å². The van der Waals surface area contributed by atoms with Crippen LogP contribution >= 0.6 is 7.37 Å². The number of nitrogens with two attached hydrogens (primary N) is 1. The normalized spacial score (nSPS) is 27.6. The van der Waals surface area contributed by atoms with Crippen LogP contribution in [0.25, 0.3) is 0 Å². The minimum Gasteiger partial charge on any atom is -0.383 e. The molecule has 0 radical (unpaired) electrons. The molecule has 1 unspecified atom stereocenters. The molecule has 2 N–H and O–H groups in total. The van der Waals surface area contributed by atoms with Crippen LogP contribution in [0, 0.1) is 0 Å². The lowest BCUT2D eigenvalue weighted by molar-refractivity contribution is 0.00184. The van der Waals surface area contributed by atoms with Crippen LogP contribution in [0.4, 0.5) is 5.82 Å². The minimum absolute atomic E-state index is 0.0608. The van der Waals surface area contributed by atoms with Gasteiger partial charge in [0.05, 0.1) is 13.2 Å². The number of ether oxygens (including phenoxy) is 1. The Labute approximate surface area is 111 Å². The van der Waals surface area contributed by atoms with Crippen LogP contribution in [0.3, 0.4) is 0 Å². The first-order chi connectivity index (χ1) is 8.90. The summed E-state index contributed by atoms with van der Waals surface area (Å²) in [5.74, 6) is 0.186. The topological polar surface area (TPSA) is 96.4 Å². The predicted octanol–water partition coefficient (Wildman–Crippen LogP) is 0.885. The zero-order valence-electron chi connectivity index (χ0n) is 11.0. The van der Waals surface area contributed by atoms with Gasteiger partial charge in [0.2, 0.25) is 7.37 Å². The van der Waals surface area contributed by atoms with Crippen LogP contribution < -0.4 is 11.4 Å². The minimum atomic E-state index is -2.69. The van der Waals surface area contributed by atoms with Crippen molar-refractivity contribution in [2.24, 2.45) is 0 Å². The molecule has 2 atom stereocenters. The van der Waals surface area contributed by atoms with E-state index in [-0.39, 0.29) is 30.5 Å². The molecule has 0 aromatic carbocycles. The SMILES string of the molecule is CC(C)P1(=O)CO[C@H](Cn2ccc(N)nc2=O)CO1. The Kier molecular flexibility index (Phi) is 4.08. The standard InChI is InChI=1S/C11H18N3O4P/c1-8(2)19(16)7-17-9(6-18-19)5-14-4-3-10(12)13-11(14)15/h3-4,8-9H,5-7H2,1-2H3,(H2,12,13,15)/t9-,19?/m1/s1. The van der Waals surface area contributed by atoms with E-state index in [0.29, 0.717) is 6.54 Å². The first-order valence-electron chi connectivity index (χ1n) is 6.08. The van der Waals surface area contributed by atoms with Crippen molar-refractivity contribution in [2.45, 2.75) is 32.2 Å². The third kappa shape index (κ3) is 3.23. The van der Waals surface area contributed by atoms with Crippen molar-refractivity contribution in [1.29, 1.82) is 0 Å². The molecule has 1 aliphatic rings. The summed E-state index contributed by atoms with van der Waals surface area (Å²) in [6.45, 7) is 4.22. The monoisotopic (exact) mass is 287 g/mol. The molecule has 0 spiro atoms. The number of hydrogen-bond donors (Lipinski definition) is 1. The molecule has 0 amide bonds. The van der Waals surface area contributed by atoms with E-state index in [1.807, 2.05) is 13.8 Å². The number of aromatic nitrogens is 2. The Morgan fingerprint density at radius 3 is 2.89 bits per heavy atom. The third-order valence-corrected chi connectivity index (χ3v) is 5.72. The fraction of sp³-hybridized carbons (Fsp3) is 0.636. The molecule has 1 aromatic rings. The maximum absolute atomic E-state index is 12.2. The second kappa shape index (κ2) is 5.45. The summed E-state index contributed by atoms with van der Waals surface area (Å²) < 4.78 is 24.6. The lowest BCUT2D eigenvalue weighted by Crippen LogP contribution is -2.35. The quantitative estimate of drug-likeness (QED) is 0.829. The number of nitrogen functional groups attached to an aromatic ring is 1. The summed E-state index contributed by atoms with van der Waals surface area (Å²) in [5, 5.41) is 0. The second-order valence-corrected chi connectivity index (χ2v) is 7.82. The van der Waals surface area contributed by atoms with E-state index < -0.39 is 13.1 Å². The zero-order valence-corrected chi connectivity index (χ0v) is 11.9. The van der Waals surface area contributed by atoms with Crippen LogP contribution in [0.1, 0.15) is 13.8 Å². The number of hydrogen-bond acceptors (Lipinski definition) is 6. The maximum atomic E-state index is 12.2. The molecule has 0 saturated carbocycles. The van der Waals surface area contributed by atoms with Gasteiger partial charge in [0.15, 0.2) is 0 Å². The van der Waals surface area contributed by atoms with Gasteiger partial charge in [-0.3, -0.25) is 9.13 Å². The van der Waals surface area contributed by atoms with E-state index in [1.54, 1.807) is 12.3 Å². The molecule has 1 aromatic heterocycles. The summed E-state index contributed by atoms with van der Waals surface area (Å²) in [6, 6.07) is 1.55. The van der Waals surface area contributed by atoms with Gasteiger partial charge in [-0.1, -0.05) is 13.8 Å². The fourth-order valence-corrected chi connectivity index (χ4v) is 3.22. The van der Waals surface area contributed by atoms with Crippen molar-refractivity contribution >= 4 is 13.2 Å². The van der Waals surface area contributed by atoms with Crippen molar-refractivity contribution in [3.8, 4) is 0 Å². The van der Waals surface area contributed by atoms with Gasteiger partial charge >= 0.3 is 5.69 Å². The summed E-state index contributed by atoms with van der Waals surface area (Å²) in [7, 11) is -2.69. The largest absolute Gasteiger partial charge is 0.383 e. The van der Waals surface area contributed by atoms with Crippen LogP contribution in [0.15, 0.2) is 17.1 Å². The van der Waals surface area contributed by atoms with Crippen molar-refractivity contribution in [1.82, 2.24) is 9.55 Å². The average molecular weight is 287 g/mol. The van der Waals surface area contributed by atoms with E-state index in [2.05, 4.69) is 4.98 Å². The Hall–Kier alpha value is -1.17. The molecule has 7 nitrogen and oxygen atoms in total. The van der Waals surface area contributed by atoms with Crippen molar-refractivity contribution in [3.63, 3.8) is 0 Å². The Morgan fingerprint density at radius 2 is 2.37 bits per heavy atom. The van der Waals surface area contributed by atoms with E-state index >= 15 is 0 Å². The second-order valence-electron chi connectivity index (χ2n) is 4.82. The van der Waals surface area contributed by atoms with Crippen LogP contribution in [0.5, 0.6) is 0 Å². The molecular formula is C11H18N3O4P. The fourth-order valence-electron chi connectivity index (χ4n) is 1.71.